The highest BCUT2D eigenvalue weighted by molar-refractivity contribution is 5.59. The second-order valence-electron chi connectivity index (χ2n) is 4.61. The van der Waals surface area contributed by atoms with E-state index in [-0.39, 0.29) is 11.7 Å². The number of ether oxygens (including phenoxy) is 1. The van der Waals surface area contributed by atoms with Crippen molar-refractivity contribution in [3.63, 3.8) is 0 Å². The molecule has 0 atom stereocenters. The highest BCUT2D eigenvalue weighted by atomic mass is 19.1. The van der Waals surface area contributed by atoms with Crippen LogP contribution in [0.25, 0.3) is 11.3 Å². The first kappa shape index (κ1) is 13.9. The first-order chi connectivity index (χ1) is 10.7. The molecule has 0 spiro atoms. The van der Waals surface area contributed by atoms with Crippen LogP contribution in [0.15, 0.2) is 55.0 Å². The summed E-state index contributed by atoms with van der Waals surface area (Å²) in [7, 11) is 0. The van der Waals surface area contributed by atoms with Crippen molar-refractivity contribution in [1.29, 1.82) is 0 Å². The molecular weight excluding hydrogens is 283 g/mol. The Morgan fingerprint density at radius 2 is 1.91 bits per heavy atom. The van der Waals surface area contributed by atoms with Gasteiger partial charge in [-0.3, -0.25) is 4.98 Å². The molecule has 2 aromatic heterocycles. The Bertz CT molecular complexity index is 780. The molecule has 0 fully saturated rings. The average molecular weight is 296 g/mol. The topological polar surface area (TPSA) is 73.9 Å². The van der Waals surface area contributed by atoms with Crippen LogP contribution < -0.4 is 10.5 Å². The van der Waals surface area contributed by atoms with E-state index in [0.29, 0.717) is 17.9 Å². The second kappa shape index (κ2) is 6.17. The zero-order valence-electron chi connectivity index (χ0n) is 11.6. The summed E-state index contributed by atoms with van der Waals surface area (Å²) in [4.78, 5) is 12.1. The molecule has 2 N–H and O–H groups in total. The lowest BCUT2D eigenvalue weighted by atomic mass is 10.2. The van der Waals surface area contributed by atoms with Gasteiger partial charge in [-0.15, -0.1) is 0 Å². The minimum atomic E-state index is -0.442. The van der Waals surface area contributed by atoms with Crippen molar-refractivity contribution in [2.75, 3.05) is 5.73 Å². The monoisotopic (exact) mass is 296 g/mol. The van der Waals surface area contributed by atoms with Crippen LogP contribution >= 0.6 is 0 Å². The van der Waals surface area contributed by atoms with E-state index in [9.17, 15) is 4.39 Å². The Morgan fingerprint density at radius 1 is 1.09 bits per heavy atom. The van der Waals surface area contributed by atoms with E-state index in [2.05, 4.69) is 15.0 Å². The molecule has 0 aliphatic heterocycles. The van der Waals surface area contributed by atoms with Crippen LogP contribution in [-0.2, 0) is 6.61 Å². The molecule has 0 amide bonds. The molecule has 22 heavy (non-hydrogen) atoms. The quantitative estimate of drug-likeness (QED) is 0.801. The summed E-state index contributed by atoms with van der Waals surface area (Å²) in [5, 5.41) is 0. The fourth-order valence-electron chi connectivity index (χ4n) is 1.90. The van der Waals surface area contributed by atoms with Gasteiger partial charge in [0.05, 0.1) is 18.1 Å². The lowest BCUT2D eigenvalue weighted by Crippen LogP contribution is -2.03. The summed E-state index contributed by atoms with van der Waals surface area (Å²) in [5.41, 5.74) is 7.72. The van der Waals surface area contributed by atoms with Crippen molar-refractivity contribution in [2.45, 2.75) is 6.61 Å². The van der Waals surface area contributed by atoms with Crippen molar-refractivity contribution in [1.82, 2.24) is 15.0 Å². The molecule has 6 heteroatoms. The molecule has 0 saturated heterocycles. The highest BCUT2D eigenvalue weighted by Gasteiger charge is 2.09. The molecule has 110 valence electrons. The average Bonchev–Trinajstić information content (AvgIpc) is 2.55. The van der Waals surface area contributed by atoms with Gasteiger partial charge in [-0.05, 0) is 11.6 Å². The van der Waals surface area contributed by atoms with Gasteiger partial charge in [0.2, 0.25) is 0 Å². The molecular formula is C16H13FN4O. The molecule has 1 aromatic carbocycles. The number of nitrogens with two attached hydrogens (primary N) is 1. The van der Waals surface area contributed by atoms with Crippen molar-refractivity contribution < 1.29 is 9.13 Å². The van der Waals surface area contributed by atoms with E-state index in [0.717, 1.165) is 11.8 Å². The molecule has 2 heterocycles. The maximum Gasteiger partial charge on any atom is 0.258 e. The summed E-state index contributed by atoms with van der Waals surface area (Å²) in [5.74, 6) is -0.0439. The van der Waals surface area contributed by atoms with Gasteiger partial charge in [-0.25, -0.2) is 14.4 Å². The second-order valence-corrected chi connectivity index (χ2v) is 4.61. The Kier molecular flexibility index (Phi) is 3.91. The number of benzene rings is 1. The van der Waals surface area contributed by atoms with Gasteiger partial charge in [-0.1, -0.05) is 30.3 Å². The number of halogens is 1. The molecule has 0 saturated carbocycles. The van der Waals surface area contributed by atoms with Crippen LogP contribution in [-0.4, -0.2) is 15.0 Å². The van der Waals surface area contributed by atoms with Crippen molar-refractivity contribution in [3.8, 4) is 17.1 Å². The van der Waals surface area contributed by atoms with Crippen LogP contribution in [0.5, 0.6) is 5.88 Å². The fourth-order valence-corrected chi connectivity index (χ4v) is 1.90. The summed E-state index contributed by atoms with van der Waals surface area (Å²) in [6.07, 6.45) is 4.09. The van der Waals surface area contributed by atoms with E-state index in [1.165, 1.54) is 18.5 Å². The number of rotatable bonds is 4. The third kappa shape index (κ3) is 3.17. The Morgan fingerprint density at radius 3 is 2.68 bits per heavy atom. The SMILES string of the molecule is Nc1ncc(-c2cncc(F)c2)nc1OCc1ccccc1. The third-order valence-electron chi connectivity index (χ3n) is 2.99. The number of aromatic nitrogens is 3. The summed E-state index contributed by atoms with van der Waals surface area (Å²) >= 11 is 0. The number of hydrogen-bond donors (Lipinski definition) is 1. The molecule has 5 nitrogen and oxygen atoms in total. The summed E-state index contributed by atoms with van der Waals surface area (Å²) < 4.78 is 18.8. The summed E-state index contributed by atoms with van der Waals surface area (Å²) in [6, 6.07) is 11.0. The standard InChI is InChI=1S/C16H13FN4O/c17-13-6-12(7-19-8-13)14-9-20-15(18)16(21-14)22-10-11-4-2-1-3-5-11/h1-9H,10H2,(H2,18,20). The number of nitrogens with zero attached hydrogens (tertiary/aromatic N) is 3. The van der Waals surface area contributed by atoms with Crippen LogP contribution in [0.2, 0.25) is 0 Å². The maximum atomic E-state index is 13.2. The van der Waals surface area contributed by atoms with Crippen LogP contribution in [0, 0.1) is 5.82 Å². The lowest BCUT2D eigenvalue weighted by molar-refractivity contribution is 0.295. The van der Waals surface area contributed by atoms with Crippen LogP contribution in [0.4, 0.5) is 10.2 Å². The normalized spacial score (nSPS) is 10.4. The minimum absolute atomic E-state index is 0.184. The van der Waals surface area contributed by atoms with E-state index >= 15 is 0 Å². The molecule has 0 unspecified atom stereocenters. The van der Waals surface area contributed by atoms with Gasteiger partial charge in [0, 0.05) is 11.8 Å². The Labute approximate surface area is 126 Å². The Hall–Kier alpha value is -3.02. The number of pyridine rings is 1. The number of hydrogen-bond acceptors (Lipinski definition) is 5. The number of nitrogen functional groups attached to an aromatic ring is 1. The molecule has 0 bridgehead atoms. The smallest absolute Gasteiger partial charge is 0.258 e. The Balaban J connectivity index is 1.84. The predicted molar refractivity (Wildman–Crippen MR) is 80.4 cm³/mol. The third-order valence-corrected chi connectivity index (χ3v) is 2.99. The van der Waals surface area contributed by atoms with Crippen molar-refractivity contribution in [3.05, 3.63) is 66.4 Å². The van der Waals surface area contributed by atoms with Gasteiger partial charge in [0.25, 0.3) is 5.88 Å². The molecule has 3 aromatic rings. The zero-order valence-corrected chi connectivity index (χ0v) is 11.6. The maximum absolute atomic E-state index is 13.2. The molecule has 0 radical (unpaired) electrons. The van der Waals surface area contributed by atoms with Gasteiger partial charge < -0.3 is 10.5 Å². The van der Waals surface area contributed by atoms with Crippen molar-refractivity contribution in [2.24, 2.45) is 0 Å². The van der Waals surface area contributed by atoms with E-state index in [1.54, 1.807) is 0 Å². The van der Waals surface area contributed by atoms with E-state index < -0.39 is 5.82 Å². The first-order valence-corrected chi connectivity index (χ1v) is 6.62. The van der Waals surface area contributed by atoms with Gasteiger partial charge in [0.1, 0.15) is 12.4 Å². The molecule has 3 rings (SSSR count). The molecule has 0 aliphatic carbocycles. The first-order valence-electron chi connectivity index (χ1n) is 6.62. The van der Waals surface area contributed by atoms with Crippen LogP contribution in [0.3, 0.4) is 0 Å². The fraction of sp³-hybridized carbons (Fsp3) is 0.0625. The minimum Gasteiger partial charge on any atom is -0.470 e. The zero-order chi connectivity index (χ0) is 15.4. The van der Waals surface area contributed by atoms with E-state index in [4.69, 9.17) is 10.5 Å². The summed E-state index contributed by atoms with van der Waals surface area (Å²) in [6.45, 7) is 0.324. The van der Waals surface area contributed by atoms with Crippen molar-refractivity contribution >= 4 is 5.82 Å². The molecule has 0 aliphatic rings. The van der Waals surface area contributed by atoms with Gasteiger partial charge in [0.15, 0.2) is 5.82 Å². The highest BCUT2D eigenvalue weighted by Crippen LogP contribution is 2.23. The van der Waals surface area contributed by atoms with E-state index in [1.807, 2.05) is 30.3 Å². The largest absolute Gasteiger partial charge is 0.470 e. The van der Waals surface area contributed by atoms with Crippen LogP contribution in [0.1, 0.15) is 5.56 Å². The lowest BCUT2D eigenvalue weighted by Gasteiger charge is -2.09. The predicted octanol–water partition coefficient (Wildman–Crippen LogP) is 2.84. The van der Waals surface area contributed by atoms with Gasteiger partial charge in [-0.2, -0.15) is 0 Å². The number of anilines is 1. The van der Waals surface area contributed by atoms with Gasteiger partial charge >= 0.3 is 0 Å².